The first-order valence-electron chi connectivity index (χ1n) is 6.44. The van der Waals surface area contributed by atoms with Crippen molar-refractivity contribution >= 4 is 0 Å². The van der Waals surface area contributed by atoms with Crippen molar-refractivity contribution < 1.29 is 0 Å². The molecule has 15 heavy (non-hydrogen) atoms. The van der Waals surface area contributed by atoms with Crippen LogP contribution in [0, 0.1) is 11.8 Å². The first-order chi connectivity index (χ1) is 7.36. The van der Waals surface area contributed by atoms with Crippen LogP contribution in [0.4, 0.5) is 0 Å². The third-order valence-electron chi connectivity index (χ3n) is 3.81. The molecule has 1 unspecified atom stereocenters. The van der Waals surface area contributed by atoms with E-state index in [2.05, 4.69) is 36.5 Å². The van der Waals surface area contributed by atoms with E-state index < -0.39 is 0 Å². The second-order valence-electron chi connectivity index (χ2n) is 5.05. The van der Waals surface area contributed by atoms with Crippen molar-refractivity contribution in [2.24, 2.45) is 11.8 Å². The molecule has 2 aliphatic rings. The summed E-state index contributed by atoms with van der Waals surface area (Å²) in [5.74, 6) is 1.56. The van der Waals surface area contributed by atoms with Crippen molar-refractivity contribution in [1.82, 2.24) is 5.32 Å². The zero-order chi connectivity index (χ0) is 10.5. The monoisotopic (exact) mass is 205 g/mol. The molecule has 0 saturated heterocycles. The fourth-order valence-electron chi connectivity index (χ4n) is 2.66. The molecule has 1 fully saturated rings. The van der Waals surface area contributed by atoms with Crippen molar-refractivity contribution in [3.05, 3.63) is 24.3 Å². The summed E-state index contributed by atoms with van der Waals surface area (Å²) >= 11 is 0. The number of hydrogen-bond acceptors (Lipinski definition) is 1. The molecule has 1 N–H and O–H groups in total. The summed E-state index contributed by atoms with van der Waals surface area (Å²) < 4.78 is 0. The molecule has 1 saturated carbocycles. The molecule has 0 bridgehead atoms. The fourth-order valence-corrected chi connectivity index (χ4v) is 2.66. The van der Waals surface area contributed by atoms with Gasteiger partial charge < -0.3 is 5.32 Å². The highest BCUT2D eigenvalue weighted by Crippen LogP contribution is 2.23. The minimum absolute atomic E-state index is 0.599. The van der Waals surface area contributed by atoms with Crippen LogP contribution in [-0.4, -0.2) is 12.6 Å². The van der Waals surface area contributed by atoms with E-state index in [-0.39, 0.29) is 0 Å². The topological polar surface area (TPSA) is 12.0 Å². The molecule has 2 aliphatic carbocycles. The van der Waals surface area contributed by atoms with Gasteiger partial charge in [0.25, 0.3) is 0 Å². The van der Waals surface area contributed by atoms with Crippen molar-refractivity contribution in [2.75, 3.05) is 6.54 Å². The van der Waals surface area contributed by atoms with Crippen LogP contribution in [0.5, 0.6) is 0 Å². The molecule has 1 nitrogen and oxygen atoms in total. The average molecular weight is 205 g/mol. The van der Waals surface area contributed by atoms with E-state index >= 15 is 0 Å². The maximum Gasteiger partial charge on any atom is 0.0137 e. The van der Waals surface area contributed by atoms with Gasteiger partial charge in [0.05, 0.1) is 0 Å². The van der Waals surface area contributed by atoms with E-state index in [1.54, 1.807) is 0 Å². The van der Waals surface area contributed by atoms with Crippen LogP contribution < -0.4 is 5.32 Å². The van der Waals surface area contributed by atoms with Gasteiger partial charge in [-0.05, 0) is 32.2 Å². The third kappa shape index (κ3) is 3.20. The summed E-state index contributed by atoms with van der Waals surface area (Å²) in [4.78, 5) is 0. The van der Waals surface area contributed by atoms with Gasteiger partial charge in [0.2, 0.25) is 0 Å². The van der Waals surface area contributed by atoms with E-state index in [1.165, 1.54) is 38.6 Å². The van der Waals surface area contributed by atoms with Crippen molar-refractivity contribution in [3.63, 3.8) is 0 Å². The highest BCUT2D eigenvalue weighted by Gasteiger charge is 2.17. The number of allylic oxidation sites excluding steroid dienone is 2. The van der Waals surface area contributed by atoms with E-state index in [0.717, 1.165) is 5.92 Å². The molecular formula is C14H23N. The maximum atomic E-state index is 3.69. The zero-order valence-corrected chi connectivity index (χ0v) is 9.78. The van der Waals surface area contributed by atoms with E-state index in [4.69, 9.17) is 0 Å². The Morgan fingerprint density at radius 3 is 2.47 bits per heavy atom. The fraction of sp³-hybridized carbons (Fsp3) is 0.714. The Hall–Kier alpha value is -0.560. The molecule has 0 amide bonds. The predicted molar refractivity (Wildman–Crippen MR) is 65.8 cm³/mol. The highest BCUT2D eigenvalue weighted by molar-refractivity contribution is 5.19. The summed E-state index contributed by atoms with van der Waals surface area (Å²) in [6.07, 6.45) is 16.1. The number of hydrogen-bond donors (Lipinski definition) is 1. The van der Waals surface area contributed by atoms with Gasteiger partial charge in [-0.3, -0.25) is 0 Å². The van der Waals surface area contributed by atoms with Crippen molar-refractivity contribution in [1.29, 1.82) is 0 Å². The summed E-state index contributed by atoms with van der Waals surface area (Å²) in [5, 5.41) is 3.69. The van der Waals surface area contributed by atoms with Crippen LogP contribution in [-0.2, 0) is 0 Å². The maximum absolute atomic E-state index is 3.69. The summed E-state index contributed by atoms with van der Waals surface area (Å²) in [5.41, 5.74) is 0. The van der Waals surface area contributed by atoms with Gasteiger partial charge in [-0.15, -0.1) is 0 Å². The second kappa shape index (κ2) is 5.50. The van der Waals surface area contributed by atoms with Crippen molar-refractivity contribution in [2.45, 2.75) is 45.1 Å². The molecule has 0 radical (unpaired) electrons. The lowest BCUT2D eigenvalue weighted by Gasteiger charge is -2.25. The largest absolute Gasteiger partial charge is 0.313 e. The smallest absolute Gasteiger partial charge is 0.0137 e. The third-order valence-corrected chi connectivity index (χ3v) is 3.81. The Labute approximate surface area is 93.6 Å². The number of rotatable bonds is 4. The Bertz CT molecular complexity index is 224. The highest BCUT2D eigenvalue weighted by atomic mass is 14.9. The Balaban J connectivity index is 1.67. The number of nitrogens with one attached hydrogen (secondary N) is 1. The van der Waals surface area contributed by atoms with Crippen LogP contribution in [0.1, 0.15) is 39.0 Å². The second-order valence-corrected chi connectivity index (χ2v) is 5.05. The first kappa shape index (κ1) is 10.9. The average Bonchev–Trinajstić information content (AvgIpc) is 2.81. The van der Waals surface area contributed by atoms with E-state index in [1.807, 2.05) is 0 Å². The summed E-state index contributed by atoms with van der Waals surface area (Å²) in [6.45, 7) is 3.52. The lowest BCUT2D eigenvalue weighted by Crippen LogP contribution is -2.35. The molecule has 0 aromatic heterocycles. The van der Waals surface area contributed by atoms with Crippen LogP contribution in [0.15, 0.2) is 24.3 Å². The van der Waals surface area contributed by atoms with Crippen LogP contribution in [0.25, 0.3) is 0 Å². The minimum atomic E-state index is 0.599. The normalized spacial score (nSPS) is 24.9. The first-order valence-corrected chi connectivity index (χ1v) is 6.44. The molecule has 0 spiro atoms. The quantitative estimate of drug-likeness (QED) is 0.742. The van der Waals surface area contributed by atoms with E-state index in [0.29, 0.717) is 12.0 Å². The van der Waals surface area contributed by atoms with Crippen LogP contribution >= 0.6 is 0 Å². The van der Waals surface area contributed by atoms with Crippen molar-refractivity contribution in [3.8, 4) is 0 Å². The van der Waals surface area contributed by atoms with Gasteiger partial charge in [0.15, 0.2) is 0 Å². The minimum Gasteiger partial charge on any atom is -0.313 e. The molecule has 0 aromatic rings. The summed E-state index contributed by atoms with van der Waals surface area (Å²) in [7, 11) is 0. The zero-order valence-electron chi connectivity index (χ0n) is 9.78. The molecule has 0 heterocycles. The van der Waals surface area contributed by atoms with Gasteiger partial charge in [-0.2, -0.15) is 0 Å². The van der Waals surface area contributed by atoms with Gasteiger partial charge in [0.1, 0.15) is 0 Å². The molecule has 0 aliphatic heterocycles. The lowest BCUT2D eigenvalue weighted by molar-refractivity contribution is 0.323. The Morgan fingerprint density at radius 1 is 1.13 bits per heavy atom. The standard InChI is InChI=1S/C14H23N/c1-12(14-9-5-6-10-14)15-11-13-7-3-2-4-8-13/h5-6,9-10,12-15H,2-4,7-8,11H2,1H3. The Kier molecular flexibility index (Phi) is 4.01. The van der Waals surface area contributed by atoms with Gasteiger partial charge in [0, 0.05) is 12.0 Å². The molecular weight excluding hydrogens is 182 g/mol. The SMILES string of the molecule is CC(NCC1CCCCC1)C1C=CC=C1. The molecule has 1 atom stereocenters. The van der Waals surface area contributed by atoms with Crippen LogP contribution in [0.3, 0.4) is 0 Å². The van der Waals surface area contributed by atoms with Gasteiger partial charge in [-0.1, -0.05) is 43.6 Å². The Morgan fingerprint density at radius 2 is 1.80 bits per heavy atom. The van der Waals surface area contributed by atoms with Gasteiger partial charge >= 0.3 is 0 Å². The molecule has 84 valence electrons. The van der Waals surface area contributed by atoms with Crippen LogP contribution in [0.2, 0.25) is 0 Å². The molecule has 1 heteroatoms. The van der Waals surface area contributed by atoms with E-state index in [9.17, 15) is 0 Å². The summed E-state index contributed by atoms with van der Waals surface area (Å²) in [6, 6.07) is 0.599. The van der Waals surface area contributed by atoms with Gasteiger partial charge in [-0.25, -0.2) is 0 Å². The molecule has 0 aromatic carbocycles. The lowest BCUT2D eigenvalue weighted by atomic mass is 9.89. The molecule has 2 rings (SSSR count). The predicted octanol–water partition coefficient (Wildman–Crippen LogP) is 3.29.